The molecule has 1 heterocycles. The molecule has 0 aromatic heterocycles. The lowest BCUT2D eigenvalue weighted by molar-refractivity contribution is -0.167. The van der Waals surface area contributed by atoms with Crippen LogP contribution in [0.3, 0.4) is 0 Å². The summed E-state index contributed by atoms with van der Waals surface area (Å²) in [5.74, 6) is -0.304. The summed E-state index contributed by atoms with van der Waals surface area (Å²) < 4.78 is 17.1. The Balaban J connectivity index is 2.05. The minimum atomic E-state index is -0.304. The van der Waals surface area contributed by atoms with Crippen LogP contribution in [0.2, 0.25) is 0 Å². The molecule has 4 nitrogen and oxygen atoms in total. The van der Waals surface area contributed by atoms with E-state index < -0.39 is 0 Å². The SMILES string of the molecule is C=C(C)C(=O)OCCCC1(CCCCCCCCCCCCCCC)COCCO1. The number of carbonyl (C=O) groups excluding carboxylic acids is 1. The minimum Gasteiger partial charge on any atom is -0.462 e. The highest BCUT2D eigenvalue weighted by Crippen LogP contribution is 2.29. The van der Waals surface area contributed by atoms with E-state index in [1.165, 1.54) is 83.5 Å². The van der Waals surface area contributed by atoms with Crippen LogP contribution in [0.4, 0.5) is 0 Å². The predicted molar refractivity (Wildman–Crippen MR) is 125 cm³/mol. The zero-order chi connectivity index (χ0) is 21.9. The zero-order valence-electron chi connectivity index (χ0n) is 20.0. The Morgan fingerprint density at radius 1 is 0.833 bits per heavy atom. The number of ether oxygens (including phenoxy) is 3. The molecule has 30 heavy (non-hydrogen) atoms. The van der Waals surface area contributed by atoms with E-state index in [1.807, 2.05) is 0 Å². The molecule has 0 spiro atoms. The first kappa shape index (κ1) is 27.2. The van der Waals surface area contributed by atoms with Gasteiger partial charge in [-0.1, -0.05) is 97.0 Å². The van der Waals surface area contributed by atoms with Crippen molar-refractivity contribution in [1.29, 1.82) is 0 Å². The molecule has 0 bridgehead atoms. The van der Waals surface area contributed by atoms with Crippen molar-refractivity contribution in [1.82, 2.24) is 0 Å². The summed E-state index contributed by atoms with van der Waals surface area (Å²) in [7, 11) is 0. The molecular weight excluding hydrogens is 376 g/mol. The Morgan fingerprint density at radius 3 is 1.87 bits per heavy atom. The van der Waals surface area contributed by atoms with E-state index in [1.54, 1.807) is 6.92 Å². The standard InChI is InChI=1S/C26H48O4/c1-4-5-6-7-8-9-10-11-12-13-14-15-16-18-26(23-28-21-22-30-26)19-17-20-29-25(27)24(2)3/h2,4-23H2,1,3H3. The second-order valence-electron chi connectivity index (χ2n) is 9.10. The third-order valence-electron chi connectivity index (χ3n) is 6.10. The maximum Gasteiger partial charge on any atom is 0.333 e. The van der Waals surface area contributed by atoms with E-state index in [2.05, 4.69) is 13.5 Å². The average molecular weight is 425 g/mol. The molecule has 1 fully saturated rings. The van der Waals surface area contributed by atoms with Crippen LogP contribution in [-0.2, 0) is 19.0 Å². The molecule has 0 saturated carbocycles. The second kappa shape index (κ2) is 17.8. The van der Waals surface area contributed by atoms with Gasteiger partial charge in [-0.25, -0.2) is 4.79 Å². The lowest BCUT2D eigenvalue weighted by Gasteiger charge is -2.37. The topological polar surface area (TPSA) is 44.8 Å². The van der Waals surface area contributed by atoms with Gasteiger partial charge in [0.1, 0.15) is 0 Å². The molecule has 0 aromatic rings. The number of rotatable bonds is 19. The lowest BCUT2D eigenvalue weighted by Crippen LogP contribution is -2.43. The third kappa shape index (κ3) is 13.4. The maximum absolute atomic E-state index is 11.5. The summed E-state index contributed by atoms with van der Waals surface area (Å²) in [5.41, 5.74) is 0.264. The fraction of sp³-hybridized carbons (Fsp3) is 0.885. The second-order valence-corrected chi connectivity index (χ2v) is 9.10. The van der Waals surface area contributed by atoms with Crippen molar-refractivity contribution in [3.8, 4) is 0 Å². The average Bonchev–Trinajstić information content (AvgIpc) is 2.75. The van der Waals surface area contributed by atoms with Gasteiger partial charge in [0.15, 0.2) is 0 Å². The van der Waals surface area contributed by atoms with Crippen LogP contribution in [0.25, 0.3) is 0 Å². The van der Waals surface area contributed by atoms with Crippen molar-refractivity contribution >= 4 is 5.97 Å². The summed E-state index contributed by atoms with van der Waals surface area (Å²) in [6.45, 7) is 10.0. The van der Waals surface area contributed by atoms with Gasteiger partial charge in [-0.2, -0.15) is 0 Å². The van der Waals surface area contributed by atoms with Gasteiger partial charge in [-0.15, -0.1) is 0 Å². The van der Waals surface area contributed by atoms with Crippen LogP contribution in [-0.4, -0.2) is 38.0 Å². The Labute approximate surface area is 186 Å². The molecule has 0 radical (unpaired) electrons. The van der Waals surface area contributed by atoms with Crippen LogP contribution in [0.1, 0.15) is 117 Å². The number of hydrogen-bond acceptors (Lipinski definition) is 4. The molecule has 1 aliphatic rings. The molecule has 0 amide bonds. The molecular formula is C26H48O4. The molecule has 0 aliphatic carbocycles. The quantitative estimate of drug-likeness (QED) is 0.125. The van der Waals surface area contributed by atoms with Crippen LogP contribution in [0.15, 0.2) is 12.2 Å². The van der Waals surface area contributed by atoms with E-state index in [9.17, 15) is 4.79 Å². The highest BCUT2D eigenvalue weighted by molar-refractivity contribution is 5.86. The smallest absolute Gasteiger partial charge is 0.333 e. The molecule has 1 saturated heterocycles. The number of carbonyl (C=O) groups is 1. The first-order chi connectivity index (χ1) is 14.6. The fourth-order valence-electron chi connectivity index (χ4n) is 4.18. The van der Waals surface area contributed by atoms with Gasteiger partial charge in [-0.3, -0.25) is 0 Å². The summed E-state index contributed by atoms with van der Waals surface area (Å²) in [5, 5.41) is 0. The van der Waals surface area contributed by atoms with Crippen molar-refractivity contribution in [3.05, 3.63) is 12.2 Å². The predicted octanol–water partition coefficient (Wildman–Crippen LogP) is 7.15. The highest BCUT2D eigenvalue weighted by atomic mass is 16.6. The van der Waals surface area contributed by atoms with Crippen LogP contribution in [0, 0.1) is 0 Å². The van der Waals surface area contributed by atoms with Gasteiger partial charge in [0.05, 0.1) is 32.0 Å². The third-order valence-corrected chi connectivity index (χ3v) is 6.10. The highest BCUT2D eigenvalue weighted by Gasteiger charge is 2.33. The van der Waals surface area contributed by atoms with E-state index in [-0.39, 0.29) is 11.6 Å². The summed E-state index contributed by atoms with van der Waals surface area (Å²) >= 11 is 0. The zero-order valence-corrected chi connectivity index (χ0v) is 20.0. The first-order valence-corrected chi connectivity index (χ1v) is 12.6. The normalized spacial score (nSPS) is 19.0. The van der Waals surface area contributed by atoms with Crippen molar-refractivity contribution in [2.75, 3.05) is 26.4 Å². The molecule has 0 aromatic carbocycles. The van der Waals surface area contributed by atoms with Gasteiger partial charge >= 0.3 is 5.97 Å². The molecule has 1 unspecified atom stereocenters. The lowest BCUT2D eigenvalue weighted by atomic mass is 9.90. The van der Waals surface area contributed by atoms with E-state index in [0.29, 0.717) is 32.0 Å². The Hall–Kier alpha value is -0.870. The van der Waals surface area contributed by atoms with Gasteiger partial charge in [-0.05, 0) is 26.2 Å². The number of hydrogen-bond donors (Lipinski definition) is 0. The summed E-state index contributed by atoms with van der Waals surface area (Å²) in [6.07, 6.45) is 20.5. The van der Waals surface area contributed by atoms with E-state index in [0.717, 1.165) is 19.3 Å². The van der Waals surface area contributed by atoms with E-state index >= 15 is 0 Å². The number of unbranched alkanes of at least 4 members (excludes halogenated alkanes) is 12. The van der Waals surface area contributed by atoms with Gasteiger partial charge in [0.25, 0.3) is 0 Å². The van der Waals surface area contributed by atoms with Gasteiger partial charge in [0, 0.05) is 5.57 Å². The van der Waals surface area contributed by atoms with Crippen molar-refractivity contribution in [2.24, 2.45) is 0 Å². The first-order valence-electron chi connectivity index (χ1n) is 12.6. The van der Waals surface area contributed by atoms with Crippen LogP contribution in [0.5, 0.6) is 0 Å². The molecule has 0 N–H and O–H groups in total. The van der Waals surface area contributed by atoms with Gasteiger partial charge < -0.3 is 14.2 Å². The fourth-order valence-corrected chi connectivity index (χ4v) is 4.18. The summed E-state index contributed by atoms with van der Waals surface area (Å²) in [6, 6.07) is 0. The van der Waals surface area contributed by atoms with E-state index in [4.69, 9.17) is 14.2 Å². The largest absolute Gasteiger partial charge is 0.462 e. The van der Waals surface area contributed by atoms with Crippen molar-refractivity contribution < 1.29 is 19.0 Å². The maximum atomic E-state index is 11.5. The van der Waals surface area contributed by atoms with Gasteiger partial charge in [0.2, 0.25) is 0 Å². The minimum absolute atomic E-state index is 0.189. The Kier molecular flexibility index (Phi) is 16.1. The summed E-state index contributed by atoms with van der Waals surface area (Å²) in [4.78, 5) is 11.5. The molecule has 4 heteroatoms. The molecule has 1 atom stereocenters. The van der Waals surface area contributed by atoms with Crippen LogP contribution < -0.4 is 0 Å². The Bertz CT molecular complexity index is 440. The molecule has 176 valence electrons. The van der Waals surface area contributed by atoms with Crippen molar-refractivity contribution in [3.63, 3.8) is 0 Å². The Morgan fingerprint density at radius 2 is 1.37 bits per heavy atom. The van der Waals surface area contributed by atoms with Crippen LogP contribution >= 0.6 is 0 Å². The van der Waals surface area contributed by atoms with Crippen molar-refractivity contribution in [2.45, 2.75) is 122 Å². The number of esters is 1. The molecule has 1 aliphatic heterocycles. The molecule has 1 rings (SSSR count). The monoisotopic (exact) mass is 424 g/mol.